The van der Waals surface area contributed by atoms with Crippen LogP contribution in [0.3, 0.4) is 0 Å². The number of rotatable bonds is 6. The Hall–Kier alpha value is -2.27. The summed E-state index contributed by atoms with van der Waals surface area (Å²) in [5, 5.41) is 3.59. The Balaban J connectivity index is 2.25. The minimum absolute atomic E-state index is 0.0991. The molecule has 0 fully saturated rings. The fourth-order valence-corrected chi connectivity index (χ4v) is 3.06. The van der Waals surface area contributed by atoms with E-state index in [9.17, 15) is 21.4 Å². The number of hydrogen-bond acceptors (Lipinski definition) is 6. The van der Waals surface area contributed by atoms with E-state index in [4.69, 9.17) is 9.39 Å². The summed E-state index contributed by atoms with van der Waals surface area (Å²) >= 11 is 0. The van der Waals surface area contributed by atoms with Gasteiger partial charge in [-0.3, -0.25) is 9.11 Å². The van der Waals surface area contributed by atoms with Gasteiger partial charge in [-0.2, -0.15) is 16.8 Å². The Morgan fingerprint density at radius 1 is 0.958 bits per heavy atom. The number of nitrogens with zero attached hydrogens (tertiary/aromatic N) is 1. The van der Waals surface area contributed by atoms with Crippen molar-refractivity contribution in [2.75, 3.05) is 0 Å². The molecule has 2 aromatic rings. The summed E-state index contributed by atoms with van der Waals surface area (Å²) in [4.78, 5) is 3.63. The molecular weight excluding hydrogens is 358 g/mol. The van der Waals surface area contributed by atoms with Crippen molar-refractivity contribution in [1.29, 1.82) is 0 Å². The minimum atomic E-state index is -4.73. The molecule has 2 rings (SSSR count). The predicted octanol–water partition coefficient (Wildman–Crippen LogP) is 1.73. The molecule has 0 radical (unpaired) electrons. The van der Waals surface area contributed by atoms with E-state index in [0.717, 1.165) is 23.9 Å². The molecule has 0 amide bonds. The van der Waals surface area contributed by atoms with Crippen LogP contribution in [0.5, 0.6) is 0 Å². The maximum Gasteiger partial charge on any atom is 0.295 e. The van der Waals surface area contributed by atoms with Gasteiger partial charge in [0.05, 0.1) is 11.1 Å². The topological polar surface area (TPSA) is 130 Å². The van der Waals surface area contributed by atoms with E-state index >= 15 is 0 Å². The Bertz CT molecular complexity index is 952. The lowest BCUT2D eigenvalue weighted by molar-refractivity contribution is 0.132. The quantitative estimate of drug-likeness (QED) is 0.449. The van der Waals surface area contributed by atoms with Crippen LogP contribution in [0.1, 0.15) is 11.1 Å². The second kappa shape index (κ2) is 7.09. The lowest BCUT2D eigenvalue weighted by atomic mass is 10.2. The van der Waals surface area contributed by atoms with Gasteiger partial charge in [0.15, 0.2) is 0 Å². The van der Waals surface area contributed by atoms with Crippen LogP contribution in [-0.4, -0.2) is 32.2 Å². The monoisotopic (exact) mass is 371 g/mol. The average molecular weight is 371 g/mol. The Kier molecular flexibility index (Phi) is 5.34. The lowest BCUT2D eigenvalue weighted by Crippen LogP contribution is -2.06. The second-order valence-corrected chi connectivity index (χ2v) is 7.45. The molecule has 0 unspecified atom stereocenters. The van der Waals surface area contributed by atoms with Crippen LogP contribution in [0, 0.1) is 0 Å². The summed E-state index contributed by atoms with van der Waals surface area (Å²) in [6.45, 7) is 0.141. The van der Waals surface area contributed by atoms with E-state index < -0.39 is 30.0 Å². The predicted molar refractivity (Wildman–Crippen MR) is 84.9 cm³/mol. The van der Waals surface area contributed by atoms with Crippen LogP contribution in [0.15, 0.2) is 63.5 Å². The van der Waals surface area contributed by atoms with Gasteiger partial charge in [0, 0.05) is 5.56 Å². The van der Waals surface area contributed by atoms with Crippen molar-refractivity contribution in [3.05, 3.63) is 59.7 Å². The highest BCUT2D eigenvalue weighted by Gasteiger charge is 2.19. The largest absolute Gasteiger partial charge is 0.391 e. The summed E-state index contributed by atoms with van der Waals surface area (Å²) in [7, 11) is -9.34. The highest BCUT2D eigenvalue weighted by molar-refractivity contribution is 7.86. The molecule has 2 N–H and O–H groups in total. The van der Waals surface area contributed by atoms with E-state index in [-0.39, 0.29) is 12.2 Å². The normalized spacial score (nSPS) is 12.4. The van der Waals surface area contributed by atoms with Gasteiger partial charge in [-0.1, -0.05) is 41.6 Å². The third kappa shape index (κ3) is 4.86. The van der Waals surface area contributed by atoms with Gasteiger partial charge in [0.2, 0.25) is 0 Å². The molecule has 0 atom stereocenters. The zero-order valence-corrected chi connectivity index (χ0v) is 13.7. The van der Waals surface area contributed by atoms with Gasteiger partial charge < -0.3 is 4.84 Å². The number of oxime groups is 1. The summed E-state index contributed by atoms with van der Waals surface area (Å²) in [5.74, 6) is 0. The first-order valence-electron chi connectivity index (χ1n) is 6.46. The standard InChI is InChI=1S/C14H13NO7S2/c16-23(17,18)13-7-6-12(14(8-13)24(19,20)21)9-15-22-10-11-4-2-1-3-5-11/h1-9H,10H2,(H,16,17,18)(H,19,20,21)/b15-9+. The fourth-order valence-electron chi connectivity index (χ4n) is 1.79. The van der Waals surface area contributed by atoms with Crippen molar-refractivity contribution >= 4 is 26.5 Å². The third-order valence-corrected chi connectivity index (χ3v) is 4.66. The molecule has 0 aromatic heterocycles. The molecule has 0 saturated heterocycles. The van der Waals surface area contributed by atoms with E-state index in [0.29, 0.717) is 6.07 Å². The summed E-state index contributed by atoms with van der Waals surface area (Å²) in [5.41, 5.74) is 0.740. The molecule has 0 aliphatic carbocycles. The van der Waals surface area contributed by atoms with E-state index in [1.54, 1.807) is 12.1 Å². The summed E-state index contributed by atoms with van der Waals surface area (Å²) in [6, 6.07) is 11.7. The molecule has 8 nitrogen and oxygen atoms in total. The Morgan fingerprint density at radius 3 is 2.21 bits per heavy atom. The Labute approximate surface area is 138 Å². The number of hydrogen-bond donors (Lipinski definition) is 2. The molecule has 0 heterocycles. The van der Waals surface area contributed by atoms with Crippen LogP contribution in [0.2, 0.25) is 0 Å². The molecule has 0 bridgehead atoms. The molecule has 0 saturated carbocycles. The zero-order chi connectivity index (χ0) is 17.8. The van der Waals surface area contributed by atoms with Crippen LogP contribution < -0.4 is 0 Å². The van der Waals surface area contributed by atoms with Gasteiger partial charge in [-0.15, -0.1) is 0 Å². The molecule has 0 aliphatic heterocycles. The van der Waals surface area contributed by atoms with Crippen LogP contribution >= 0.6 is 0 Å². The van der Waals surface area contributed by atoms with Crippen molar-refractivity contribution in [1.82, 2.24) is 0 Å². The van der Waals surface area contributed by atoms with Crippen LogP contribution in [-0.2, 0) is 31.7 Å². The highest BCUT2D eigenvalue weighted by atomic mass is 32.2. The van der Waals surface area contributed by atoms with Crippen molar-refractivity contribution in [3.63, 3.8) is 0 Å². The number of benzene rings is 2. The first-order chi connectivity index (χ1) is 11.2. The van der Waals surface area contributed by atoms with Crippen molar-refractivity contribution in [3.8, 4) is 0 Å². The van der Waals surface area contributed by atoms with E-state index in [2.05, 4.69) is 5.16 Å². The first kappa shape index (κ1) is 18.1. The highest BCUT2D eigenvalue weighted by Crippen LogP contribution is 2.19. The summed E-state index contributed by atoms with van der Waals surface area (Å²) < 4.78 is 63.0. The lowest BCUT2D eigenvalue weighted by Gasteiger charge is -2.05. The van der Waals surface area contributed by atoms with Gasteiger partial charge in [0.25, 0.3) is 20.2 Å². The first-order valence-corrected chi connectivity index (χ1v) is 9.34. The van der Waals surface area contributed by atoms with Crippen molar-refractivity contribution < 1.29 is 30.8 Å². The van der Waals surface area contributed by atoms with Crippen molar-refractivity contribution in [2.45, 2.75) is 16.4 Å². The van der Waals surface area contributed by atoms with Gasteiger partial charge in [0.1, 0.15) is 11.5 Å². The Morgan fingerprint density at radius 2 is 1.62 bits per heavy atom. The maximum absolute atomic E-state index is 11.4. The summed E-state index contributed by atoms with van der Waals surface area (Å²) in [6.07, 6.45) is 1.01. The fraction of sp³-hybridized carbons (Fsp3) is 0.0714. The van der Waals surface area contributed by atoms with E-state index in [1.807, 2.05) is 18.2 Å². The molecule has 0 aliphatic rings. The van der Waals surface area contributed by atoms with Gasteiger partial charge >= 0.3 is 0 Å². The van der Waals surface area contributed by atoms with Gasteiger partial charge in [-0.05, 0) is 17.7 Å². The SMILES string of the molecule is O=S(=O)(O)c1ccc(/C=N/OCc2ccccc2)c(S(=O)(=O)O)c1. The second-order valence-electron chi connectivity index (χ2n) is 4.64. The average Bonchev–Trinajstić information content (AvgIpc) is 2.50. The molecule has 128 valence electrons. The third-order valence-electron chi connectivity index (χ3n) is 2.90. The molecular formula is C14H13NO7S2. The smallest absolute Gasteiger partial charge is 0.295 e. The minimum Gasteiger partial charge on any atom is -0.391 e. The van der Waals surface area contributed by atoms with Crippen LogP contribution in [0.4, 0.5) is 0 Å². The maximum atomic E-state index is 11.4. The molecule has 0 spiro atoms. The molecule has 10 heteroatoms. The van der Waals surface area contributed by atoms with Gasteiger partial charge in [-0.25, -0.2) is 0 Å². The molecule has 2 aromatic carbocycles. The molecule has 24 heavy (non-hydrogen) atoms. The van der Waals surface area contributed by atoms with Crippen LogP contribution in [0.25, 0.3) is 0 Å². The zero-order valence-electron chi connectivity index (χ0n) is 12.1. The van der Waals surface area contributed by atoms with E-state index in [1.165, 1.54) is 0 Å². The van der Waals surface area contributed by atoms with Crippen molar-refractivity contribution in [2.24, 2.45) is 5.16 Å².